The molecule has 0 aliphatic heterocycles. The first-order chi connectivity index (χ1) is 11.6. The van der Waals surface area contributed by atoms with Gasteiger partial charge in [-0.1, -0.05) is 17.3 Å². The topological polar surface area (TPSA) is 94.3 Å². The summed E-state index contributed by atoms with van der Waals surface area (Å²) in [7, 11) is 0. The number of carbonyl (C=O) groups excluding carboxylic acids is 2. The molecule has 0 bridgehead atoms. The molecule has 0 saturated heterocycles. The second-order valence-corrected chi connectivity index (χ2v) is 5.90. The molecule has 24 heavy (non-hydrogen) atoms. The number of benzene rings is 1. The number of ether oxygens (including phenoxy) is 1. The van der Waals surface area contributed by atoms with Crippen molar-refractivity contribution in [3.8, 4) is 0 Å². The lowest BCUT2D eigenvalue weighted by molar-refractivity contribution is -0.142. The van der Waals surface area contributed by atoms with Gasteiger partial charge in [-0.2, -0.15) is 0 Å². The van der Waals surface area contributed by atoms with Gasteiger partial charge in [0.1, 0.15) is 5.01 Å². The lowest BCUT2D eigenvalue weighted by Crippen LogP contribution is -2.19. The van der Waals surface area contributed by atoms with Gasteiger partial charge in [0.2, 0.25) is 5.88 Å². The highest BCUT2D eigenvalue weighted by Crippen LogP contribution is 2.22. The second kappa shape index (κ2) is 7.05. The zero-order valence-corrected chi connectivity index (χ0v) is 13.5. The molecule has 7 nitrogen and oxygen atoms in total. The third kappa shape index (κ3) is 4.05. The van der Waals surface area contributed by atoms with Crippen molar-refractivity contribution in [3.63, 3.8) is 0 Å². The number of thiazole rings is 1. The van der Waals surface area contributed by atoms with Crippen LogP contribution in [-0.2, 0) is 14.3 Å². The zero-order chi connectivity index (χ0) is 16.9. The normalized spacial score (nSPS) is 11.0. The molecule has 1 amide bonds. The Kier molecular flexibility index (Phi) is 4.66. The summed E-state index contributed by atoms with van der Waals surface area (Å²) in [5.41, 5.74) is 1.51. The van der Waals surface area contributed by atoms with E-state index in [9.17, 15) is 9.59 Å². The van der Waals surface area contributed by atoms with E-state index in [2.05, 4.69) is 15.5 Å². The summed E-state index contributed by atoms with van der Waals surface area (Å²) in [6, 6.07) is 9.25. The average molecular weight is 343 g/mol. The van der Waals surface area contributed by atoms with Crippen LogP contribution in [0.1, 0.15) is 10.7 Å². The molecular weight excluding hydrogens is 330 g/mol. The molecule has 0 radical (unpaired) electrons. The number of aryl methyl sites for hydroxylation is 1. The fourth-order valence-electron chi connectivity index (χ4n) is 1.88. The van der Waals surface area contributed by atoms with Crippen molar-refractivity contribution in [2.24, 2.45) is 0 Å². The predicted octanol–water partition coefficient (Wildman–Crippen LogP) is 2.79. The van der Waals surface area contributed by atoms with Crippen molar-refractivity contribution in [2.45, 2.75) is 6.92 Å². The van der Waals surface area contributed by atoms with Gasteiger partial charge in [-0.25, -0.2) is 9.78 Å². The molecule has 1 N–H and O–H groups in total. The number of carbonyl (C=O) groups is 2. The number of esters is 1. The summed E-state index contributed by atoms with van der Waals surface area (Å²) in [6.45, 7) is 1.31. The molecule has 3 aromatic rings. The highest BCUT2D eigenvalue weighted by molar-refractivity contribution is 7.19. The van der Waals surface area contributed by atoms with Gasteiger partial charge in [-0.05, 0) is 25.1 Å². The minimum absolute atomic E-state index is 0.207. The SMILES string of the molecule is Cc1cc(NC(=O)COC(=O)/C=C/c2nc3ccccc3s2)on1. The Morgan fingerprint density at radius 3 is 2.96 bits per heavy atom. The monoisotopic (exact) mass is 343 g/mol. The van der Waals surface area contributed by atoms with Gasteiger partial charge in [0.05, 0.1) is 15.9 Å². The molecule has 0 atom stereocenters. The number of aromatic nitrogens is 2. The molecule has 2 aromatic heterocycles. The van der Waals surface area contributed by atoms with Crippen molar-refractivity contribution in [1.82, 2.24) is 10.1 Å². The Morgan fingerprint density at radius 2 is 2.21 bits per heavy atom. The Bertz CT molecular complexity index is 880. The van der Waals surface area contributed by atoms with Crippen LogP contribution in [-0.4, -0.2) is 28.6 Å². The summed E-state index contributed by atoms with van der Waals surface area (Å²) in [4.78, 5) is 27.6. The Balaban J connectivity index is 1.50. The van der Waals surface area contributed by atoms with Gasteiger partial charge < -0.3 is 9.26 Å². The lowest BCUT2D eigenvalue weighted by Gasteiger charge is -2.01. The van der Waals surface area contributed by atoms with Crippen LogP contribution in [0.5, 0.6) is 0 Å². The Hall–Kier alpha value is -3.00. The molecule has 0 fully saturated rings. The Morgan fingerprint density at radius 1 is 1.38 bits per heavy atom. The van der Waals surface area contributed by atoms with Crippen LogP contribution in [0.2, 0.25) is 0 Å². The molecular formula is C16H13N3O4S. The molecule has 0 aliphatic carbocycles. The van der Waals surface area contributed by atoms with E-state index in [1.807, 2.05) is 24.3 Å². The number of hydrogen-bond donors (Lipinski definition) is 1. The smallest absolute Gasteiger partial charge is 0.331 e. The van der Waals surface area contributed by atoms with Crippen LogP contribution in [0.25, 0.3) is 16.3 Å². The molecule has 0 spiro atoms. The van der Waals surface area contributed by atoms with Crippen LogP contribution in [0, 0.1) is 6.92 Å². The number of amides is 1. The Labute approximate surface area is 140 Å². The number of rotatable bonds is 5. The van der Waals surface area contributed by atoms with E-state index in [0.717, 1.165) is 10.2 Å². The predicted molar refractivity (Wildman–Crippen MR) is 89.5 cm³/mol. The first kappa shape index (κ1) is 15.9. The summed E-state index contributed by atoms with van der Waals surface area (Å²) >= 11 is 1.46. The van der Waals surface area contributed by atoms with Gasteiger partial charge in [0.15, 0.2) is 6.61 Å². The van der Waals surface area contributed by atoms with E-state index in [4.69, 9.17) is 9.26 Å². The van der Waals surface area contributed by atoms with Crippen molar-refractivity contribution >= 4 is 45.4 Å². The molecule has 0 aliphatic rings. The standard InChI is InChI=1S/C16H13N3O4S/c1-10-8-14(23-19-10)18-13(20)9-22-16(21)7-6-15-17-11-4-2-3-5-12(11)24-15/h2-8H,9H2,1H3,(H,18,20)/b7-6+. The molecule has 0 unspecified atom stereocenters. The summed E-state index contributed by atoms with van der Waals surface area (Å²) < 4.78 is 10.7. The maximum atomic E-state index is 11.6. The zero-order valence-electron chi connectivity index (χ0n) is 12.7. The first-order valence-corrected chi connectivity index (χ1v) is 7.85. The van der Waals surface area contributed by atoms with Crippen molar-refractivity contribution < 1.29 is 18.8 Å². The van der Waals surface area contributed by atoms with E-state index in [1.54, 1.807) is 19.1 Å². The number of nitrogens with zero attached hydrogens (tertiary/aromatic N) is 2. The summed E-state index contributed by atoms with van der Waals surface area (Å²) in [5, 5.41) is 6.75. The number of anilines is 1. The third-order valence-corrected chi connectivity index (χ3v) is 3.91. The molecule has 0 saturated carbocycles. The van der Waals surface area contributed by atoms with E-state index in [-0.39, 0.29) is 5.88 Å². The number of fused-ring (bicyclic) bond motifs is 1. The number of para-hydroxylation sites is 1. The van der Waals surface area contributed by atoms with Crippen molar-refractivity contribution in [2.75, 3.05) is 11.9 Å². The van der Waals surface area contributed by atoms with E-state index < -0.39 is 18.5 Å². The van der Waals surface area contributed by atoms with Gasteiger partial charge in [0, 0.05) is 12.1 Å². The van der Waals surface area contributed by atoms with Crippen LogP contribution in [0.15, 0.2) is 40.9 Å². The maximum Gasteiger partial charge on any atom is 0.331 e. The van der Waals surface area contributed by atoms with Crippen molar-refractivity contribution in [1.29, 1.82) is 0 Å². The van der Waals surface area contributed by atoms with Gasteiger partial charge in [0.25, 0.3) is 5.91 Å². The lowest BCUT2D eigenvalue weighted by atomic mass is 10.3. The van der Waals surface area contributed by atoms with Gasteiger partial charge in [-0.15, -0.1) is 11.3 Å². The van der Waals surface area contributed by atoms with Crippen LogP contribution in [0.4, 0.5) is 5.88 Å². The molecule has 2 heterocycles. The minimum atomic E-state index is -0.627. The van der Waals surface area contributed by atoms with E-state index in [1.165, 1.54) is 17.4 Å². The van der Waals surface area contributed by atoms with Crippen LogP contribution < -0.4 is 5.32 Å². The molecule has 1 aromatic carbocycles. The van der Waals surface area contributed by atoms with E-state index >= 15 is 0 Å². The minimum Gasteiger partial charge on any atom is -0.452 e. The van der Waals surface area contributed by atoms with Crippen molar-refractivity contribution in [3.05, 3.63) is 47.1 Å². The number of hydrogen-bond acceptors (Lipinski definition) is 7. The molecule has 8 heteroatoms. The highest BCUT2D eigenvalue weighted by atomic mass is 32.1. The highest BCUT2D eigenvalue weighted by Gasteiger charge is 2.09. The largest absolute Gasteiger partial charge is 0.452 e. The maximum absolute atomic E-state index is 11.6. The fraction of sp³-hybridized carbons (Fsp3) is 0.125. The van der Waals surface area contributed by atoms with E-state index in [0.29, 0.717) is 10.7 Å². The van der Waals surface area contributed by atoms with Gasteiger partial charge in [-0.3, -0.25) is 10.1 Å². The summed E-state index contributed by atoms with van der Waals surface area (Å²) in [5.74, 6) is -0.926. The van der Waals surface area contributed by atoms with Gasteiger partial charge >= 0.3 is 5.97 Å². The quantitative estimate of drug-likeness (QED) is 0.565. The molecule has 3 rings (SSSR count). The van der Waals surface area contributed by atoms with Crippen LogP contribution >= 0.6 is 11.3 Å². The van der Waals surface area contributed by atoms with Crippen LogP contribution in [0.3, 0.4) is 0 Å². The first-order valence-electron chi connectivity index (χ1n) is 7.04. The summed E-state index contributed by atoms with van der Waals surface area (Å²) in [6.07, 6.45) is 2.80. The number of nitrogens with one attached hydrogen (secondary N) is 1. The fourth-order valence-corrected chi connectivity index (χ4v) is 2.75. The third-order valence-electron chi connectivity index (χ3n) is 2.91. The second-order valence-electron chi connectivity index (χ2n) is 4.84. The average Bonchev–Trinajstić information content (AvgIpc) is 3.16. The molecule has 122 valence electrons.